The van der Waals surface area contributed by atoms with Crippen LogP contribution in [0.15, 0.2) is 24.3 Å². The number of carboxylic acids is 1. The number of carbonyl (C=O) groups is 1. The molecule has 0 aliphatic rings. The minimum absolute atomic E-state index is 0.237. The number of rotatable bonds is 5. The lowest BCUT2D eigenvalue weighted by Crippen LogP contribution is -2.13. The molecular formula is C14H15FN2O3. The molecule has 1 heterocycles. The Bertz CT molecular complexity index is 637. The fraction of sp³-hybridized carbons (Fsp3) is 0.286. The third-order valence-corrected chi connectivity index (χ3v) is 2.89. The Labute approximate surface area is 115 Å². The van der Waals surface area contributed by atoms with Gasteiger partial charge in [0.05, 0.1) is 18.0 Å². The van der Waals surface area contributed by atoms with Gasteiger partial charge in [0.1, 0.15) is 12.4 Å². The number of ether oxygens (including phenoxy) is 1. The summed E-state index contributed by atoms with van der Waals surface area (Å²) >= 11 is 0. The summed E-state index contributed by atoms with van der Waals surface area (Å²) in [5.41, 5.74) is 2.52. The van der Waals surface area contributed by atoms with Crippen molar-refractivity contribution in [3.05, 3.63) is 41.3 Å². The summed E-state index contributed by atoms with van der Waals surface area (Å²) in [7, 11) is 1.53. The molecule has 1 N–H and O–H groups in total. The van der Waals surface area contributed by atoms with Gasteiger partial charge < -0.3 is 9.84 Å². The van der Waals surface area contributed by atoms with E-state index in [0.29, 0.717) is 17.0 Å². The molecule has 0 saturated carbocycles. The second kappa shape index (κ2) is 5.83. The molecule has 0 fully saturated rings. The summed E-state index contributed by atoms with van der Waals surface area (Å²) < 4.78 is 19.7. The van der Waals surface area contributed by atoms with Crippen LogP contribution in [0, 0.1) is 12.7 Å². The monoisotopic (exact) mass is 278 g/mol. The van der Waals surface area contributed by atoms with Gasteiger partial charge in [-0.25, -0.2) is 4.39 Å². The Morgan fingerprint density at radius 2 is 2.20 bits per heavy atom. The Morgan fingerprint density at radius 1 is 1.45 bits per heavy atom. The van der Waals surface area contributed by atoms with Crippen molar-refractivity contribution in [1.82, 2.24) is 9.78 Å². The summed E-state index contributed by atoms with van der Waals surface area (Å²) in [6, 6.07) is 6.42. The Morgan fingerprint density at radius 3 is 2.80 bits per heavy atom. The molecule has 0 radical (unpaired) electrons. The number of carboxylic acid groups (broad SMARTS) is 1. The SMILES string of the molecule is COCc1cc(-c2ccc(F)c(C)c2)nn1CC(=O)O. The first-order valence-corrected chi connectivity index (χ1v) is 6.05. The fourth-order valence-corrected chi connectivity index (χ4v) is 1.93. The van der Waals surface area contributed by atoms with Crippen molar-refractivity contribution < 1.29 is 19.0 Å². The molecule has 0 aliphatic carbocycles. The summed E-state index contributed by atoms with van der Waals surface area (Å²) in [5.74, 6) is -1.26. The zero-order valence-electron chi connectivity index (χ0n) is 11.3. The number of nitrogens with zero attached hydrogens (tertiary/aromatic N) is 2. The van der Waals surface area contributed by atoms with E-state index >= 15 is 0 Å². The van der Waals surface area contributed by atoms with E-state index in [0.717, 1.165) is 5.56 Å². The summed E-state index contributed by atoms with van der Waals surface area (Å²) in [6.07, 6.45) is 0. The minimum atomic E-state index is -0.979. The molecule has 1 aromatic carbocycles. The quantitative estimate of drug-likeness (QED) is 0.911. The van der Waals surface area contributed by atoms with E-state index in [1.165, 1.54) is 17.9 Å². The molecule has 2 rings (SSSR count). The van der Waals surface area contributed by atoms with Crippen LogP contribution in [0.4, 0.5) is 4.39 Å². The molecule has 0 saturated heterocycles. The highest BCUT2D eigenvalue weighted by Crippen LogP contribution is 2.22. The van der Waals surface area contributed by atoms with Crippen molar-refractivity contribution in [1.29, 1.82) is 0 Å². The van der Waals surface area contributed by atoms with E-state index in [1.54, 1.807) is 25.1 Å². The molecule has 106 valence electrons. The van der Waals surface area contributed by atoms with Crippen molar-refractivity contribution in [2.24, 2.45) is 0 Å². The van der Waals surface area contributed by atoms with Crippen LogP contribution in [0.25, 0.3) is 11.3 Å². The lowest BCUT2D eigenvalue weighted by molar-refractivity contribution is -0.138. The number of benzene rings is 1. The maximum Gasteiger partial charge on any atom is 0.325 e. The van der Waals surface area contributed by atoms with Gasteiger partial charge in [0, 0.05) is 12.7 Å². The van der Waals surface area contributed by atoms with Gasteiger partial charge in [0.25, 0.3) is 0 Å². The Kier molecular flexibility index (Phi) is 4.14. The summed E-state index contributed by atoms with van der Waals surface area (Å²) in [4.78, 5) is 10.8. The molecule has 2 aromatic rings. The highest BCUT2D eigenvalue weighted by Gasteiger charge is 2.12. The van der Waals surface area contributed by atoms with Gasteiger partial charge in [-0.2, -0.15) is 5.10 Å². The first-order chi connectivity index (χ1) is 9.51. The van der Waals surface area contributed by atoms with Crippen LogP contribution in [-0.2, 0) is 22.7 Å². The fourth-order valence-electron chi connectivity index (χ4n) is 1.93. The van der Waals surface area contributed by atoms with Crippen molar-refractivity contribution in [2.45, 2.75) is 20.1 Å². The molecule has 0 atom stereocenters. The smallest absolute Gasteiger partial charge is 0.325 e. The predicted octanol–water partition coefficient (Wildman–Crippen LogP) is 2.23. The highest BCUT2D eigenvalue weighted by atomic mass is 19.1. The van der Waals surface area contributed by atoms with Gasteiger partial charge >= 0.3 is 5.97 Å². The standard InChI is InChI=1S/C14H15FN2O3/c1-9-5-10(3-4-12(9)15)13-6-11(8-20-2)17(16-13)7-14(18)19/h3-6H,7-8H2,1-2H3,(H,18,19). The van der Waals surface area contributed by atoms with Gasteiger partial charge in [0.2, 0.25) is 0 Å². The molecular weight excluding hydrogens is 263 g/mol. The third kappa shape index (κ3) is 3.03. The van der Waals surface area contributed by atoms with E-state index in [9.17, 15) is 9.18 Å². The van der Waals surface area contributed by atoms with Gasteiger partial charge in [-0.15, -0.1) is 0 Å². The van der Waals surface area contributed by atoms with E-state index in [1.807, 2.05) is 0 Å². The first kappa shape index (κ1) is 14.2. The highest BCUT2D eigenvalue weighted by molar-refractivity contribution is 5.67. The van der Waals surface area contributed by atoms with E-state index in [4.69, 9.17) is 9.84 Å². The molecule has 6 heteroatoms. The Balaban J connectivity index is 2.40. The molecule has 0 aliphatic heterocycles. The molecule has 0 unspecified atom stereocenters. The zero-order valence-corrected chi connectivity index (χ0v) is 11.3. The molecule has 20 heavy (non-hydrogen) atoms. The van der Waals surface area contributed by atoms with Crippen LogP contribution in [0.1, 0.15) is 11.3 Å². The zero-order chi connectivity index (χ0) is 14.7. The minimum Gasteiger partial charge on any atom is -0.480 e. The van der Waals surface area contributed by atoms with Gasteiger partial charge in [-0.3, -0.25) is 9.48 Å². The van der Waals surface area contributed by atoms with Crippen LogP contribution in [0.5, 0.6) is 0 Å². The summed E-state index contributed by atoms with van der Waals surface area (Å²) in [6.45, 7) is 1.70. The second-order valence-electron chi connectivity index (χ2n) is 4.47. The van der Waals surface area contributed by atoms with E-state index in [-0.39, 0.29) is 19.0 Å². The van der Waals surface area contributed by atoms with Crippen molar-refractivity contribution in [2.75, 3.05) is 7.11 Å². The average Bonchev–Trinajstić information content (AvgIpc) is 2.76. The number of methoxy groups -OCH3 is 1. The predicted molar refractivity (Wildman–Crippen MR) is 70.7 cm³/mol. The normalized spacial score (nSPS) is 10.8. The van der Waals surface area contributed by atoms with Crippen molar-refractivity contribution in [3.63, 3.8) is 0 Å². The number of aryl methyl sites for hydroxylation is 1. The van der Waals surface area contributed by atoms with Crippen molar-refractivity contribution >= 4 is 5.97 Å². The largest absolute Gasteiger partial charge is 0.480 e. The summed E-state index contributed by atoms with van der Waals surface area (Å²) in [5, 5.41) is 13.1. The van der Waals surface area contributed by atoms with Crippen LogP contribution in [0.2, 0.25) is 0 Å². The van der Waals surface area contributed by atoms with E-state index in [2.05, 4.69) is 5.10 Å². The first-order valence-electron chi connectivity index (χ1n) is 6.05. The van der Waals surface area contributed by atoms with Gasteiger partial charge in [-0.05, 0) is 36.8 Å². The van der Waals surface area contributed by atoms with Crippen LogP contribution in [-0.4, -0.2) is 28.0 Å². The molecule has 0 spiro atoms. The number of halogens is 1. The lowest BCUT2D eigenvalue weighted by atomic mass is 10.1. The number of aliphatic carboxylic acids is 1. The topological polar surface area (TPSA) is 64.4 Å². The molecule has 0 bridgehead atoms. The third-order valence-electron chi connectivity index (χ3n) is 2.89. The van der Waals surface area contributed by atoms with Crippen LogP contribution >= 0.6 is 0 Å². The maximum absolute atomic E-state index is 13.3. The van der Waals surface area contributed by atoms with Crippen molar-refractivity contribution in [3.8, 4) is 11.3 Å². The second-order valence-corrected chi connectivity index (χ2v) is 4.47. The van der Waals surface area contributed by atoms with Gasteiger partial charge in [-0.1, -0.05) is 0 Å². The number of hydrogen-bond acceptors (Lipinski definition) is 3. The lowest BCUT2D eigenvalue weighted by Gasteiger charge is -2.02. The molecule has 1 aromatic heterocycles. The van der Waals surface area contributed by atoms with E-state index < -0.39 is 5.97 Å². The van der Waals surface area contributed by atoms with Crippen LogP contribution < -0.4 is 0 Å². The average molecular weight is 278 g/mol. The number of hydrogen-bond donors (Lipinski definition) is 1. The number of aromatic nitrogens is 2. The Hall–Kier alpha value is -2.21. The van der Waals surface area contributed by atoms with Crippen LogP contribution in [0.3, 0.4) is 0 Å². The molecule has 5 nitrogen and oxygen atoms in total. The van der Waals surface area contributed by atoms with Gasteiger partial charge in [0.15, 0.2) is 0 Å². The molecule has 0 amide bonds. The maximum atomic E-state index is 13.3.